The van der Waals surface area contributed by atoms with Gasteiger partial charge in [-0.25, -0.2) is 0 Å². The highest BCUT2D eigenvalue weighted by molar-refractivity contribution is 5.99. The molecule has 2 fully saturated rings. The van der Waals surface area contributed by atoms with Crippen LogP contribution in [-0.2, 0) is 9.59 Å². The number of nitrogens with one attached hydrogen (secondary N) is 2. The number of hydrogen-bond acceptors (Lipinski definition) is 2. The van der Waals surface area contributed by atoms with E-state index in [0.717, 1.165) is 29.7 Å². The summed E-state index contributed by atoms with van der Waals surface area (Å²) in [6.45, 7) is 4.01. The van der Waals surface area contributed by atoms with E-state index < -0.39 is 0 Å². The highest BCUT2D eigenvalue weighted by atomic mass is 16.2. The molecule has 1 aromatic rings. The van der Waals surface area contributed by atoms with Gasteiger partial charge in [-0.15, -0.1) is 0 Å². The number of amides is 2. The Bertz CT molecular complexity index is 543. The maximum absolute atomic E-state index is 12.1. The van der Waals surface area contributed by atoms with Crippen molar-refractivity contribution in [1.29, 1.82) is 0 Å². The van der Waals surface area contributed by atoms with Crippen LogP contribution in [0.5, 0.6) is 0 Å². The Balaban J connectivity index is 1.56. The van der Waals surface area contributed by atoms with E-state index in [-0.39, 0.29) is 23.7 Å². The van der Waals surface area contributed by atoms with Gasteiger partial charge in [0.05, 0.1) is 11.8 Å². The van der Waals surface area contributed by atoms with Gasteiger partial charge in [-0.1, -0.05) is 6.07 Å². The Morgan fingerprint density at radius 1 is 1.00 bits per heavy atom. The molecule has 2 atom stereocenters. The SMILES string of the molecule is Cc1cc(C)cc(NC(=O)C2CC2C(=O)NC2CC2)c1. The molecular weight excluding hydrogens is 252 g/mol. The molecule has 2 aliphatic carbocycles. The second kappa shape index (κ2) is 4.93. The van der Waals surface area contributed by atoms with Crippen molar-refractivity contribution >= 4 is 17.5 Å². The molecule has 0 aliphatic heterocycles. The molecule has 2 aliphatic rings. The molecular formula is C16H20N2O2. The second-order valence-corrected chi connectivity index (χ2v) is 6.10. The molecule has 4 nitrogen and oxygen atoms in total. The summed E-state index contributed by atoms with van der Waals surface area (Å²) < 4.78 is 0. The summed E-state index contributed by atoms with van der Waals surface area (Å²) in [5.74, 6) is -0.268. The normalized spacial score (nSPS) is 24.1. The zero-order valence-corrected chi connectivity index (χ0v) is 11.9. The number of aryl methyl sites for hydroxylation is 2. The predicted octanol–water partition coefficient (Wildman–Crippen LogP) is 2.16. The Morgan fingerprint density at radius 2 is 1.60 bits per heavy atom. The van der Waals surface area contributed by atoms with Gasteiger partial charge in [0.2, 0.25) is 11.8 Å². The lowest BCUT2D eigenvalue weighted by atomic mass is 10.1. The third-order valence-electron chi connectivity index (χ3n) is 3.88. The fraction of sp³-hybridized carbons (Fsp3) is 0.500. The molecule has 2 N–H and O–H groups in total. The van der Waals surface area contributed by atoms with Crippen LogP contribution in [0.1, 0.15) is 30.4 Å². The molecule has 2 saturated carbocycles. The minimum Gasteiger partial charge on any atom is -0.353 e. The van der Waals surface area contributed by atoms with Crippen molar-refractivity contribution in [3.63, 3.8) is 0 Å². The molecule has 0 aromatic heterocycles. The van der Waals surface area contributed by atoms with Crippen molar-refractivity contribution in [2.75, 3.05) is 5.32 Å². The minimum atomic E-state index is -0.158. The number of benzene rings is 1. The number of rotatable bonds is 4. The highest BCUT2D eigenvalue weighted by Gasteiger charge is 2.48. The first-order valence-electron chi connectivity index (χ1n) is 7.22. The average Bonchev–Trinajstić information content (AvgIpc) is 3.22. The van der Waals surface area contributed by atoms with Crippen molar-refractivity contribution in [1.82, 2.24) is 5.32 Å². The third kappa shape index (κ3) is 3.00. The molecule has 0 spiro atoms. The van der Waals surface area contributed by atoms with Gasteiger partial charge in [0.25, 0.3) is 0 Å². The van der Waals surface area contributed by atoms with E-state index in [2.05, 4.69) is 16.7 Å². The van der Waals surface area contributed by atoms with Gasteiger partial charge in [0.1, 0.15) is 0 Å². The minimum absolute atomic E-state index is 0.0362. The summed E-state index contributed by atoms with van der Waals surface area (Å²) >= 11 is 0. The molecule has 106 valence electrons. The number of carbonyl (C=O) groups excluding carboxylic acids is 2. The average molecular weight is 272 g/mol. The molecule has 0 heterocycles. The van der Waals surface area contributed by atoms with E-state index in [9.17, 15) is 9.59 Å². The van der Waals surface area contributed by atoms with Crippen LogP contribution >= 0.6 is 0 Å². The topological polar surface area (TPSA) is 58.2 Å². The Labute approximate surface area is 118 Å². The first kappa shape index (κ1) is 13.2. The molecule has 3 rings (SSSR count). The lowest BCUT2D eigenvalue weighted by Crippen LogP contribution is -2.29. The summed E-state index contributed by atoms with van der Waals surface area (Å²) in [6, 6.07) is 6.34. The van der Waals surface area contributed by atoms with Gasteiger partial charge in [0.15, 0.2) is 0 Å². The van der Waals surface area contributed by atoms with Gasteiger partial charge in [-0.3, -0.25) is 9.59 Å². The monoisotopic (exact) mass is 272 g/mol. The van der Waals surface area contributed by atoms with E-state index in [0.29, 0.717) is 12.5 Å². The smallest absolute Gasteiger partial charge is 0.228 e. The van der Waals surface area contributed by atoms with Gasteiger partial charge in [0, 0.05) is 11.7 Å². The van der Waals surface area contributed by atoms with Crippen LogP contribution in [0.2, 0.25) is 0 Å². The lowest BCUT2D eigenvalue weighted by molar-refractivity contribution is -0.125. The molecule has 2 unspecified atom stereocenters. The maximum atomic E-state index is 12.1. The van der Waals surface area contributed by atoms with E-state index in [1.807, 2.05) is 26.0 Å². The maximum Gasteiger partial charge on any atom is 0.228 e. The molecule has 4 heteroatoms. The van der Waals surface area contributed by atoms with Crippen molar-refractivity contribution in [3.8, 4) is 0 Å². The molecule has 20 heavy (non-hydrogen) atoms. The summed E-state index contributed by atoms with van der Waals surface area (Å²) in [7, 11) is 0. The summed E-state index contributed by atoms with van der Waals surface area (Å²) in [5, 5.41) is 5.88. The van der Waals surface area contributed by atoms with Gasteiger partial charge in [-0.05, 0) is 56.4 Å². The molecule has 0 radical (unpaired) electrons. The third-order valence-corrected chi connectivity index (χ3v) is 3.88. The zero-order chi connectivity index (χ0) is 14.3. The zero-order valence-electron chi connectivity index (χ0n) is 11.9. The summed E-state index contributed by atoms with van der Waals surface area (Å²) in [6.07, 6.45) is 2.84. The van der Waals surface area contributed by atoms with Gasteiger partial charge in [-0.2, -0.15) is 0 Å². The summed E-state index contributed by atoms with van der Waals surface area (Å²) in [5.41, 5.74) is 3.07. The second-order valence-electron chi connectivity index (χ2n) is 6.10. The van der Waals surface area contributed by atoms with Crippen molar-refractivity contribution < 1.29 is 9.59 Å². The number of hydrogen-bond donors (Lipinski definition) is 2. The van der Waals surface area contributed by atoms with E-state index in [1.165, 1.54) is 0 Å². The van der Waals surface area contributed by atoms with E-state index in [1.54, 1.807) is 0 Å². The van der Waals surface area contributed by atoms with Crippen LogP contribution in [0.25, 0.3) is 0 Å². The molecule has 1 aromatic carbocycles. The van der Waals surface area contributed by atoms with Crippen LogP contribution in [0.3, 0.4) is 0 Å². The Morgan fingerprint density at radius 3 is 2.20 bits per heavy atom. The number of anilines is 1. The van der Waals surface area contributed by atoms with Gasteiger partial charge < -0.3 is 10.6 Å². The summed E-state index contributed by atoms with van der Waals surface area (Å²) in [4.78, 5) is 24.0. The van der Waals surface area contributed by atoms with Crippen LogP contribution in [0.4, 0.5) is 5.69 Å². The first-order chi connectivity index (χ1) is 9.52. The first-order valence-corrected chi connectivity index (χ1v) is 7.22. The van der Waals surface area contributed by atoms with Crippen LogP contribution in [0.15, 0.2) is 18.2 Å². The fourth-order valence-electron chi connectivity index (χ4n) is 2.59. The molecule has 0 saturated heterocycles. The van der Waals surface area contributed by atoms with Gasteiger partial charge >= 0.3 is 0 Å². The van der Waals surface area contributed by atoms with Crippen molar-refractivity contribution in [3.05, 3.63) is 29.3 Å². The number of carbonyl (C=O) groups is 2. The Kier molecular flexibility index (Phi) is 3.24. The predicted molar refractivity (Wildman–Crippen MR) is 77.3 cm³/mol. The largest absolute Gasteiger partial charge is 0.353 e. The van der Waals surface area contributed by atoms with Crippen LogP contribution < -0.4 is 10.6 Å². The van der Waals surface area contributed by atoms with E-state index >= 15 is 0 Å². The van der Waals surface area contributed by atoms with Crippen LogP contribution in [-0.4, -0.2) is 17.9 Å². The van der Waals surface area contributed by atoms with Crippen molar-refractivity contribution in [2.45, 2.75) is 39.2 Å². The quantitative estimate of drug-likeness (QED) is 0.882. The standard InChI is InChI=1S/C16H20N2O2/c1-9-5-10(2)7-12(6-9)18-16(20)14-8-13(14)15(19)17-11-3-4-11/h5-7,11,13-14H,3-4,8H2,1-2H3,(H,17,19)(H,18,20). The van der Waals surface area contributed by atoms with E-state index in [4.69, 9.17) is 0 Å². The van der Waals surface area contributed by atoms with Crippen molar-refractivity contribution in [2.24, 2.45) is 11.8 Å². The molecule has 0 bridgehead atoms. The highest BCUT2D eigenvalue weighted by Crippen LogP contribution is 2.40. The molecule has 2 amide bonds. The lowest BCUT2D eigenvalue weighted by Gasteiger charge is -2.07. The van der Waals surface area contributed by atoms with Crippen LogP contribution in [0, 0.1) is 25.7 Å². The Hall–Kier alpha value is -1.84. The fourth-order valence-corrected chi connectivity index (χ4v) is 2.59.